The van der Waals surface area contributed by atoms with Gasteiger partial charge in [-0.3, -0.25) is 4.79 Å². The molecule has 0 saturated heterocycles. The lowest BCUT2D eigenvalue weighted by atomic mass is 9.96. The summed E-state index contributed by atoms with van der Waals surface area (Å²) in [6, 6.07) is 15.6. The van der Waals surface area contributed by atoms with Crippen molar-refractivity contribution in [1.29, 1.82) is 0 Å². The summed E-state index contributed by atoms with van der Waals surface area (Å²) in [6.07, 6.45) is 0.707. The largest absolute Gasteiger partial charge is 0.460 e. The fourth-order valence-electron chi connectivity index (χ4n) is 3.23. The molecule has 0 spiro atoms. The smallest absolute Gasteiger partial charge is 0.410 e. The van der Waals surface area contributed by atoms with Gasteiger partial charge in [-0.25, -0.2) is 4.79 Å². The molecule has 0 atom stereocenters. The first-order valence-electron chi connectivity index (χ1n) is 9.58. The summed E-state index contributed by atoms with van der Waals surface area (Å²) >= 11 is 0. The lowest BCUT2D eigenvalue weighted by Gasteiger charge is -2.28. The zero-order valence-electron chi connectivity index (χ0n) is 16.7. The summed E-state index contributed by atoms with van der Waals surface area (Å²) < 4.78 is 10.8. The third-order valence-corrected chi connectivity index (χ3v) is 4.51. The Hall–Kier alpha value is -2.82. The van der Waals surface area contributed by atoms with Crippen LogP contribution >= 0.6 is 0 Å². The first-order chi connectivity index (χ1) is 13.3. The maximum atomic E-state index is 12.4. The van der Waals surface area contributed by atoms with Crippen LogP contribution < -0.4 is 0 Å². The van der Waals surface area contributed by atoms with Gasteiger partial charge in [-0.1, -0.05) is 48.5 Å². The van der Waals surface area contributed by atoms with E-state index in [1.165, 1.54) is 5.56 Å². The van der Waals surface area contributed by atoms with Gasteiger partial charge in [0.25, 0.3) is 0 Å². The van der Waals surface area contributed by atoms with Crippen LogP contribution in [0.15, 0.2) is 48.5 Å². The molecule has 3 rings (SSSR count). The number of rotatable bonds is 4. The molecular weight excluding hydrogens is 354 g/mol. The second kappa shape index (κ2) is 8.46. The number of carbonyl (C=O) groups is 2. The van der Waals surface area contributed by atoms with E-state index in [0.29, 0.717) is 13.1 Å². The summed E-state index contributed by atoms with van der Waals surface area (Å²) in [4.78, 5) is 26.1. The fourth-order valence-corrected chi connectivity index (χ4v) is 3.23. The van der Waals surface area contributed by atoms with Crippen molar-refractivity contribution in [2.75, 3.05) is 6.54 Å². The molecule has 5 heteroatoms. The molecule has 1 aliphatic rings. The lowest BCUT2D eigenvalue weighted by molar-refractivity contribution is -0.153. The second-order valence-electron chi connectivity index (χ2n) is 8.08. The quantitative estimate of drug-likeness (QED) is 0.743. The highest BCUT2D eigenvalue weighted by atomic mass is 16.6. The highest BCUT2D eigenvalue weighted by Crippen LogP contribution is 2.22. The molecular formula is C23H27NO4. The average molecular weight is 381 g/mol. The molecule has 0 aliphatic carbocycles. The van der Waals surface area contributed by atoms with Crippen LogP contribution in [0, 0.1) is 0 Å². The normalized spacial score (nSPS) is 13.6. The van der Waals surface area contributed by atoms with Gasteiger partial charge in [-0.05, 0) is 49.4 Å². The number of hydrogen-bond acceptors (Lipinski definition) is 4. The number of fused-ring (bicyclic) bond motifs is 1. The molecule has 0 fully saturated rings. The number of nitrogens with zero attached hydrogens (tertiary/aromatic N) is 1. The second-order valence-corrected chi connectivity index (χ2v) is 8.08. The number of carbonyl (C=O) groups excluding carboxylic acids is 2. The molecule has 0 saturated carbocycles. The van der Waals surface area contributed by atoms with Gasteiger partial charge >= 0.3 is 12.1 Å². The summed E-state index contributed by atoms with van der Waals surface area (Å²) in [5.41, 5.74) is 3.70. The number of hydrogen-bond donors (Lipinski definition) is 0. The van der Waals surface area contributed by atoms with Crippen LogP contribution in [0.25, 0.3) is 0 Å². The van der Waals surface area contributed by atoms with E-state index in [9.17, 15) is 9.59 Å². The van der Waals surface area contributed by atoms with Gasteiger partial charge in [-0.15, -0.1) is 0 Å². The van der Waals surface area contributed by atoms with Gasteiger partial charge < -0.3 is 14.4 Å². The van der Waals surface area contributed by atoms with Gasteiger partial charge in [0.2, 0.25) is 0 Å². The highest BCUT2D eigenvalue weighted by molar-refractivity contribution is 5.73. The zero-order chi connectivity index (χ0) is 20.1. The topological polar surface area (TPSA) is 55.8 Å². The molecule has 2 aromatic rings. The molecule has 28 heavy (non-hydrogen) atoms. The molecule has 0 bridgehead atoms. The van der Waals surface area contributed by atoms with Crippen LogP contribution in [0.4, 0.5) is 4.79 Å². The molecule has 1 amide bonds. The van der Waals surface area contributed by atoms with E-state index >= 15 is 0 Å². The molecule has 0 unspecified atom stereocenters. The van der Waals surface area contributed by atoms with Crippen molar-refractivity contribution in [3.8, 4) is 0 Å². The predicted octanol–water partition coefficient (Wildman–Crippen LogP) is 4.27. The maximum Gasteiger partial charge on any atom is 0.410 e. The first kappa shape index (κ1) is 19.9. The summed E-state index contributed by atoms with van der Waals surface area (Å²) in [5.74, 6) is -0.227. The van der Waals surface area contributed by atoms with Crippen LogP contribution in [0.2, 0.25) is 0 Å². The van der Waals surface area contributed by atoms with Crippen molar-refractivity contribution < 1.29 is 19.1 Å². The number of benzene rings is 2. The van der Waals surface area contributed by atoms with Gasteiger partial charge in [0.15, 0.2) is 0 Å². The van der Waals surface area contributed by atoms with Crippen molar-refractivity contribution in [3.05, 3.63) is 70.8 Å². The molecule has 148 valence electrons. The molecule has 1 heterocycles. The summed E-state index contributed by atoms with van der Waals surface area (Å²) in [6.45, 7) is 7.00. The molecule has 1 aliphatic heterocycles. The Kier molecular flexibility index (Phi) is 6.02. The highest BCUT2D eigenvalue weighted by Gasteiger charge is 2.23. The van der Waals surface area contributed by atoms with Crippen LogP contribution in [-0.2, 0) is 40.3 Å². The third-order valence-electron chi connectivity index (χ3n) is 4.51. The van der Waals surface area contributed by atoms with Crippen LogP contribution in [0.3, 0.4) is 0 Å². The summed E-state index contributed by atoms with van der Waals surface area (Å²) in [5, 5.41) is 0. The Bertz CT molecular complexity index is 839. The van der Waals surface area contributed by atoms with Crippen LogP contribution in [-0.4, -0.2) is 29.1 Å². The molecule has 0 aromatic heterocycles. The number of ether oxygens (including phenoxy) is 2. The van der Waals surface area contributed by atoms with E-state index in [0.717, 1.165) is 23.1 Å². The molecule has 2 aromatic carbocycles. The third kappa shape index (κ3) is 5.59. The first-order valence-corrected chi connectivity index (χ1v) is 9.58. The maximum absolute atomic E-state index is 12.4. The van der Waals surface area contributed by atoms with E-state index in [-0.39, 0.29) is 25.1 Å². The summed E-state index contributed by atoms with van der Waals surface area (Å²) in [7, 11) is 0. The van der Waals surface area contributed by atoms with Crippen molar-refractivity contribution >= 4 is 12.1 Å². The Morgan fingerprint density at radius 2 is 1.75 bits per heavy atom. The Balaban J connectivity index is 1.56. The average Bonchev–Trinajstić information content (AvgIpc) is 2.65. The minimum atomic E-state index is -0.480. The monoisotopic (exact) mass is 381 g/mol. The van der Waals surface area contributed by atoms with Gasteiger partial charge in [0.05, 0.1) is 6.42 Å². The predicted molar refractivity (Wildman–Crippen MR) is 107 cm³/mol. The van der Waals surface area contributed by atoms with Crippen LogP contribution in [0.1, 0.15) is 43.0 Å². The molecule has 5 nitrogen and oxygen atoms in total. The van der Waals surface area contributed by atoms with Gasteiger partial charge in [0, 0.05) is 13.1 Å². The Morgan fingerprint density at radius 1 is 1.00 bits per heavy atom. The molecule has 0 radical (unpaired) electrons. The van der Waals surface area contributed by atoms with E-state index in [1.807, 2.05) is 69.3 Å². The van der Waals surface area contributed by atoms with E-state index in [2.05, 4.69) is 0 Å². The van der Waals surface area contributed by atoms with Crippen LogP contribution in [0.5, 0.6) is 0 Å². The Labute approximate surface area is 166 Å². The van der Waals surface area contributed by atoms with Crippen molar-refractivity contribution in [2.24, 2.45) is 0 Å². The molecule has 0 N–H and O–H groups in total. The van der Waals surface area contributed by atoms with E-state index < -0.39 is 5.60 Å². The van der Waals surface area contributed by atoms with E-state index in [4.69, 9.17) is 9.47 Å². The SMILES string of the molecule is CC(C)(C)OC(=O)Cc1ccc2c(c1)CCN(C(=O)OCc1ccccc1)C2. The zero-order valence-corrected chi connectivity index (χ0v) is 16.7. The van der Waals surface area contributed by atoms with E-state index in [1.54, 1.807) is 4.90 Å². The van der Waals surface area contributed by atoms with Crippen molar-refractivity contribution in [3.63, 3.8) is 0 Å². The van der Waals surface area contributed by atoms with Gasteiger partial charge in [-0.2, -0.15) is 0 Å². The van der Waals surface area contributed by atoms with Crippen molar-refractivity contribution in [1.82, 2.24) is 4.90 Å². The van der Waals surface area contributed by atoms with Gasteiger partial charge in [0.1, 0.15) is 12.2 Å². The minimum absolute atomic E-state index is 0.227. The standard InChI is InChI=1S/C23H27NO4/c1-23(2,3)28-21(25)14-18-9-10-20-15-24(12-11-19(20)13-18)22(26)27-16-17-7-5-4-6-8-17/h4-10,13H,11-12,14-16H2,1-3H3. The minimum Gasteiger partial charge on any atom is -0.460 e. The number of amides is 1. The number of esters is 1. The lowest BCUT2D eigenvalue weighted by Crippen LogP contribution is -2.36. The Morgan fingerprint density at radius 3 is 2.46 bits per heavy atom. The van der Waals surface area contributed by atoms with Crippen molar-refractivity contribution in [2.45, 2.75) is 52.4 Å². The fraction of sp³-hybridized carbons (Fsp3) is 0.391.